The first-order chi connectivity index (χ1) is 7.12. The van der Waals surface area contributed by atoms with E-state index in [2.05, 4.69) is 9.97 Å². The van der Waals surface area contributed by atoms with E-state index in [4.69, 9.17) is 5.73 Å². The van der Waals surface area contributed by atoms with Gasteiger partial charge in [-0.3, -0.25) is 0 Å². The lowest BCUT2D eigenvalue weighted by Crippen LogP contribution is -2.13. The minimum Gasteiger partial charge on any atom is -0.325 e. The van der Waals surface area contributed by atoms with Crippen molar-refractivity contribution in [2.75, 3.05) is 0 Å². The van der Waals surface area contributed by atoms with Crippen molar-refractivity contribution in [2.45, 2.75) is 30.4 Å². The Morgan fingerprint density at radius 2 is 2.12 bits per heavy atom. The van der Waals surface area contributed by atoms with Crippen LogP contribution >= 0.6 is 12.4 Å². The van der Waals surface area contributed by atoms with Gasteiger partial charge in [-0.25, -0.2) is 18.4 Å². The third kappa shape index (κ3) is 3.13. The van der Waals surface area contributed by atoms with Gasteiger partial charge >= 0.3 is 0 Å². The van der Waals surface area contributed by atoms with Crippen LogP contribution in [0.2, 0.25) is 0 Å². The first-order valence-corrected chi connectivity index (χ1v) is 6.56. The van der Waals surface area contributed by atoms with E-state index in [0.717, 1.165) is 12.8 Å². The van der Waals surface area contributed by atoms with Gasteiger partial charge in [-0.1, -0.05) is 0 Å². The Bertz CT molecular complexity index is 460. The van der Waals surface area contributed by atoms with Crippen LogP contribution in [0.1, 0.15) is 24.4 Å². The summed E-state index contributed by atoms with van der Waals surface area (Å²) in [6, 6.07) is 1.69. The summed E-state index contributed by atoms with van der Waals surface area (Å²) < 4.78 is 23.3. The fraction of sp³-hybridized carbons (Fsp3) is 0.556. The van der Waals surface area contributed by atoms with E-state index in [0.29, 0.717) is 18.1 Å². The second kappa shape index (κ2) is 5.07. The van der Waals surface area contributed by atoms with Crippen LogP contribution in [-0.2, 0) is 22.1 Å². The lowest BCUT2D eigenvalue weighted by molar-refractivity contribution is 0.592. The molecule has 0 atom stereocenters. The highest BCUT2D eigenvalue weighted by atomic mass is 35.5. The predicted molar refractivity (Wildman–Crippen MR) is 62.8 cm³/mol. The Kier molecular flexibility index (Phi) is 4.23. The second-order valence-electron chi connectivity index (χ2n) is 3.67. The monoisotopic (exact) mass is 263 g/mol. The maximum Gasteiger partial charge on any atom is 0.160 e. The molecule has 1 heterocycles. The molecule has 0 amide bonds. The second-order valence-corrected chi connectivity index (χ2v) is 5.96. The third-order valence-corrected chi connectivity index (χ3v) is 4.48. The van der Waals surface area contributed by atoms with E-state index < -0.39 is 9.84 Å². The van der Waals surface area contributed by atoms with Gasteiger partial charge < -0.3 is 5.73 Å². The largest absolute Gasteiger partial charge is 0.325 e. The number of halogens is 1. The van der Waals surface area contributed by atoms with E-state index >= 15 is 0 Å². The molecule has 90 valence electrons. The van der Waals surface area contributed by atoms with Crippen molar-refractivity contribution in [3.05, 3.63) is 23.8 Å². The molecule has 2 rings (SSSR count). The van der Waals surface area contributed by atoms with E-state index in [1.807, 2.05) is 0 Å². The molecule has 1 aliphatic rings. The molecular formula is C9H14ClN3O2S. The number of rotatable bonds is 4. The molecule has 16 heavy (non-hydrogen) atoms. The van der Waals surface area contributed by atoms with Crippen LogP contribution in [0.5, 0.6) is 0 Å². The molecular weight excluding hydrogens is 250 g/mol. The van der Waals surface area contributed by atoms with Gasteiger partial charge in [0.25, 0.3) is 0 Å². The molecule has 1 aromatic rings. The van der Waals surface area contributed by atoms with Gasteiger partial charge in [-0.2, -0.15) is 0 Å². The zero-order chi connectivity index (χ0) is 10.9. The van der Waals surface area contributed by atoms with Gasteiger partial charge in [0.2, 0.25) is 0 Å². The zero-order valence-electron chi connectivity index (χ0n) is 8.67. The molecule has 0 unspecified atom stereocenters. The maximum absolute atomic E-state index is 11.7. The summed E-state index contributed by atoms with van der Waals surface area (Å²) in [6.07, 6.45) is 3.10. The molecule has 1 aliphatic carbocycles. The topological polar surface area (TPSA) is 85.9 Å². The average Bonchev–Trinajstić information content (AvgIpc) is 3.00. The molecule has 1 saturated carbocycles. The summed E-state index contributed by atoms with van der Waals surface area (Å²) in [7, 11) is -3.03. The van der Waals surface area contributed by atoms with Crippen LogP contribution < -0.4 is 5.73 Å². The van der Waals surface area contributed by atoms with E-state index in [-0.39, 0.29) is 23.4 Å². The van der Waals surface area contributed by atoms with Gasteiger partial charge in [0.15, 0.2) is 9.84 Å². The first kappa shape index (κ1) is 13.3. The smallest absolute Gasteiger partial charge is 0.160 e. The van der Waals surface area contributed by atoms with Gasteiger partial charge in [0.05, 0.1) is 10.9 Å². The van der Waals surface area contributed by atoms with Crippen LogP contribution in [-0.4, -0.2) is 23.6 Å². The summed E-state index contributed by atoms with van der Waals surface area (Å²) in [5.74, 6) is 0.288. The minimum atomic E-state index is -3.03. The Labute approximate surface area is 101 Å². The number of nitrogens with two attached hydrogens (primary N) is 1. The Hall–Kier alpha value is -0.720. The van der Waals surface area contributed by atoms with Crippen LogP contribution in [0.3, 0.4) is 0 Å². The zero-order valence-corrected chi connectivity index (χ0v) is 10.3. The highest BCUT2D eigenvalue weighted by Crippen LogP contribution is 2.30. The van der Waals surface area contributed by atoms with Crippen LogP contribution in [0.4, 0.5) is 0 Å². The lowest BCUT2D eigenvalue weighted by atomic mass is 10.4. The molecule has 0 radical (unpaired) electrons. The van der Waals surface area contributed by atoms with Gasteiger partial charge in [0.1, 0.15) is 11.6 Å². The SMILES string of the molecule is Cl.NCc1ccnc(CS(=O)(=O)C2CC2)n1. The van der Waals surface area contributed by atoms with Crippen molar-refractivity contribution in [1.82, 2.24) is 9.97 Å². The number of hydrogen-bond donors (Lipinski definition) is 1. The van der Waals surface area contributed by atoms with Crippen molar-refractivity contribution < 1.29 is 8.42 Å². The van der Waals surface area contributed by atoms with Gasteiger partial charge in [0, 0.05) is 12.7 Å². The van der Waals surface area contributed by atoms with Crippen molar-refractivity contribution in [3.63, 3.8) is 0 Å². The quantitative estimate of drug-likeness (QED) is 0.852. The highest BCUT2D eigenvalue weighted by molar-refractivity contribution is 7.91. The van der Waals surface area contributed by atoms with Crippen molar-refractivity contribution in [3.8, 4) is 0 Å². The predicted octanol–water partition coefficient (Wildman–Crippen LogP) is 0.434. The standard InChI is InChI=1S/C9H13N3O2S.ClH/c10-5-7-3-4-11-9(12-7)6-15(13,14)8-1-2-8;/h3-4,8H,1-2,5-6,10H2;1H. The summed E-state index contributed by atoms with van der Waals surface area (Å²) in [5, 5.41) is -0.164. The number of nitrogens with zero attached hydrogens (tertiary/aromatic N) is 2. The normalized spacial score (nSPS) is 15.6. The lowest BCUT2D eigenvalue weighted by Gasteiger charge is -2.02. The van der Waals surface area contributed by atoms with Crippen molar-refractivity contribution in [2.24, 2.45) is 5.73 Å². The van der Waals surface area contributed by atoms with E-state index in [1.54, 1.807) is 12.3 Å². The summed E-state index contributed by atoms with van der Waals surface area (Å²) in [5.41, 5.74) is 6.09. The molecule has 0 aliphatic heterocycles. The summed E-state index contributed by atoms with van der Waals surface area (Å²) in [4.78, 5) is 8.01. The molecule has 0 bridgehead atoms. The van der Waals surface area contributed by atoms with Gasteiger partial charge in [-0.15, -0.1) is 12.4 Å². The fourth-order valence-corrected chi connectivity index (χ4v) is 2.94. The Morgan fingerprint density at radius 1 is 1.44 bits per heavy atom. The number of aromatic nitrogens is 2. The highest BCUT2D eigenvalue weighted by Gasteiger charge is 2.36. The number of hydrogen-bond acceptors (Lipinski definition) is 5. The molecule has 0 saturated heterocycles. The third-order valence-electron chi connectivity index (χ3n) is 2.33. The van der Waals surface area contributed by atoms with Crippen LogP contribution in [0.15, 0.2) is 12.3 Å². The molecule has 1 fully saturated rings. The van der Waals surface area contributed by atoms with E-state index in [9.17, 15) is 8.42 Å². The molecule has 0 spiro atoms. The minimum absolute atomic E-state index is 0. The van der Waals surface area contributed by atoms with Crippen molar-refractivity contribution in [1.29, 1.82) is 0 Å². The van der Waals surface area contributed by atoms with Gasteiger partial charge in [-0.05, 0) is 18.9 Å². The molecule has 1 aromatic heterocycles. The molecule has 2 N–H and O–H groups in total. The number of sulfone groups is 1. The maximum atomic E-state index is 11.7. The fourth-order valence-electron chi connectivity index (χ4n) is 1.35. The van der Waals surface area contributed by atoms with Crippen LogP contribution in [0.25, 0.3) is 0 Å². The Balaban J connectivity index is 0.00000128. The van der Waals surface area contributed by atoms with Crippen LogP contribution in [0, 0.1) is 0 Å². The molecule has 0 aromatic carbocycles. The summed E-state index contributed by atoms with van der Waals surface area (Å²) >= 11 is 0. The van der Waals surface area contributed by atoms with E-state index in [1.165, 1.54) is 0 Å². The van der Waals surface area contributed by atoms with Crippen molar-refractivity contribution >= 4 is 22.2 Å². The Morgan fingerprint density at radius 3 is 2.69 bits per heavy atom. The summed E-state index contributed by atoms with van der Waals surface area (Å²) in [6.45, 7) is 0.305. The average molecular weight is 264 g/mol. The molecule has 7 heteroatoms. The molecule has 5 nitrogen and oxygen atoms in total. The first-order valence-electron chi connectivity index (χ1n) is 4.84.